The number of nitrogens with one attached hydrogen (secondary N) is 1. The van der Waals surface area contributed by atoms with Crippen LogP contribution in [0.4, 0.5) is 0 Å². The topological polar surface area (TPSA) is 50.2 Å². The van der Waals surface area contributed by atoms with Crippen molar-refractivity contribution in [3.63, 3.8) is 0 Å². The second kappa shape index (κ2) is 3.85. The minimum Gasteiger partial charge on any atom is -0.469 e. The third-order valence-corrected chi connectivity index (χ3v) is 1.64. The number of rotatable bonds is 2. The van der Waals surface area contributed by atoms with Gasteiger partial charge in [0.1, 0.15) is 0 Å². The Morgan fingerprint density at radius 1 is 1.75 bits per heavy atom. The van der Waals surface area contributed by atoms with Crippen LogP contribution in [-0.2, 0) is 9.53 Å². The predicted octanol–water partition coefficient (Wildman–Crippen LogP) is 1.46. The van der Waals surface area contributed by atoms with Gasteiger partial charge < -0.3 is 10.1 Å². The molecule has 64 valence electrons. The minimum atomic E-state index is -0.246. The number of ether oxygens (including phenoxy) is 1. The Hall–Kier alpha value is -1.38. The van der Waals surface area contributed by atoms with Crippen molar-refractivity contribution < 1.29 is 9.53 Å². The van der Waals surface area contributed by atoms with Crippen molar-refractivity contribution in [2.75, 3.05) is 7.11 Å². The molecule has 0 aromatic heterocycles. The Labute approximate surface area is 71.2 Å². The van der Waals surface area contributed by atoms with Gasteiger partial charge in [-0.05, 0) is 18.6 Å². The summed E-state index contributed by atoms with van der Waals surface area (Å²) in [4.78, 5) is 10.8. The highest BCUT2D eigenvalue weighted by Gasteiger charge is 2.07. The molecule has 0 aromatic rings. The van der Waals surface area contributed by atoms with Gasteiger partial charge in [0.15, 0.2) is 0 Å². The van der Waals surface area contributed by atoms with Crippen molar-refractivity contribution in [2.24, 2.45) is 0 Å². The maximum Gasteiger partial charge on any atom is 0.309 e. The average Bonchev–Trinajstić information content (AvgIpc) is 2.04. The molecule has 3 heteroatoms. The Bertz CT molecular complexity index is 264. The Morgan fingerprint density at radius 3 is 3.08 bits per heavy atom. The second-order valence-electron chi connectivity index (χ2n) is 2.62. The molecule has 0 heterocycles. The largest absolute Gasteiger partial charge is 0.469 e. The Morgan fingerprint density at radius 2 is 2.50 bits per heavy atom. The molecule has 1 aliphatic carbocycles. The van der Waals surface area contributed by atoms with E-state index in [2.05, 4.69) is 4.74 Å². The second-order valence-corrected chi connectivity index (χ2v) is 2.62. The minimum absolute atomic E-state index is 0.246. The van der Waals surface area contributed by atoms with Crippen molar-refractivity contribution in [3.05, 3.63) is 23.8 Å². The smallest absolute Gasteiger partial charge is 0.309 e. The molecule has 1 aliphatic rings. The van der Waals surface area contributed by atoms with Crippen LogP contribution in [0.25, 0.3) is 0 Å². The van der Waals surface area contributed by atoms with E-state index in [1.54, 1.807) is 12.2 Å². The number of carbonyl (C=O) groups excluding carboxylic acids is 1. The molecule has 0 fully saturated rings. The van der Waals surface area contributed by atoms with Crippen LogP contribution in [0, 0.1) is 5.41 Å². The van der Waals surface area contributed by atoms with E-state index in [1.165, 1.54) is 7.11 Å². The van der Waals surface area contributed by atoms with Crippen LogP contribution in [0.5, 0.6) is 0 Å². The summed E-state index contributed by atoms with van der Waals surface area (Å²) in [5.74, 6) is -0.246. The van der Waals surface area contributed by atoms with E-state index in [0.717, 1.165) is 12.0 Å². The molecule has 0 amide bonds. The molecule has 0 saturated heterocycles. The lowest BCUT2D eigenvalue weighted by atomic mass is 10.0. The monoisotopic (exact) mass is 165 g/mol. The average molecular weight is 165 g/mol. The summed E-state index contributed by atoms with van der Waals surface area (Å²) in [6.45, 7) is 0. The summed E-state index contributed by atoms with van der Waals surface area (Å²) in [6, 6.07) is 0. The molecule has 12 heavy (non-hydrogen) atoms. The lowest BCUT2D eigenvalue weighted by Crippen LogP contribution is -2.04. The summed E-state index contributed by atoms with van der Waals surface area (Å²) >= 11 is 0. The fourth-order valence-corrected chi connectivity index (χ4v) is 1.04. The molecule has 0 aliphatic heterocycles. The number of methoxy groups -OCH3 is 1. The van der Waals surface area contributed by atoms with Gasteiger partial charge in [0.25, 0.3) is 0 Å². The zero-order valence-electron chi connectivity index (χ0n) is 6.96. The van der Waals surface area contributed by atoms with Gasteiger partial charge in [-0.2, -0.15) is 0 Å². The standard InChI is InChI=1S/C9H11NO2/c1-12-9(11)6-7-3-2-4-8(10)5-7/h2,4-5,10H,3,6H2,1H3. The van der Waals surface area contributed by atoms with E-state index in [9.17, 15) is 4.79 Å². The van der Waals surface area contributed by atoms with Gasteiger partial charge in [-0.15, -0.1) is 0 Å². The van der Waals surface area contributed by atoms with E-state index in [1.807, 2.05) is 6.08 Å². The van der Waals surface area contributed by atoms with Gasteiger partial charge in [-0.25, -0.2) is 0 Å². The third kappa shape index (κ3) is 2.34. The van der Waals surface area contributed by atoms with Gasteiger partial charge in [-0.3, -0.25) is 4.79 Å². The zero-order valence-corrected chi connectivity index (χ0v) is 6.96. The number of hydrogen-bond donors (Lipinski definition) is 1. The highest BCUT2D eigenvalue weighted by atomic mass is 16.5. The summed E-state index contributed by atoms with van der Waals surface area (Å²) in [5.41, 5.74) is 1.38. The first-order chi connectivity index (χ1) is 5.72. The van der Waals surface area contributed by atoms with Crippen LogP contribution in [0.2, 0.25) is 0 Å². The van der Waals surface area contributed by atoms with Crippen molar-refractivity contribution in [1.82, 2.24) is 0 Å². The molecule has 0 saturated carbocycles. The quantitative estimate of drug-likeness (QED) is 0.629. The first kappa shape index (κ1) is 8.71. The van der Waals surface area contributed by atoms with E-state index in [-0.39, 0.29) is 5.97 Å². The highest BCUT2D eigenvalue weighted by molar-refractivity contribution is 6.03. The normalized spacial score (nSPS) is 15.8. The molecule has 0 spiro atoms. The molecule has 0 aromatic carbocycles. The predicted molar refractivity (Wildman–Crippen MR) is 46.2 cm³/mol. The molecule has 0 atom stereocenters. The first-order valence-corrected chi connectivity index (χ1v) is 3.73. The van der Waals surface area contributed by atoms with Crippen LogP contribution in [0.15, 0.2) is 23.8 Å². The third-order valence-electron chi connectivity index (χ3n) is 1.64. The molecular weight excluding hydrogens is 154 g/mol. The first-order valence-electron chi connectivity index (χ1n) is 3.73. The SMILES string of the molecule is COC(=O)CC1=CC(=N)C=CC1. The van der Waals surface area contributed by atoms with Crippen molar-refractivity contribution in [2.45, 2.75) is 12.8 Å². The lowest BCUT2D eigenvalue weighted by molar-refractivity contribution is -0.139. The maximum atomic E-state index is 10.8. The van der Waals surface area contributed by atoms with E-state index >= 15 is 0 Å². The van der Waals surface area contributed by atoms with Crippen LogP contribution in [-0.4, -0.2) is 18.8 Å². The number of hydrogen-bond acceptors (Lipinski definition) is 3. The van der Waals surface area contributed by atoms with Crippen molar-refractivity contribution in [1.29, 1.82) is 5.41 Å². The van der Waals surface area contributed by atoms with Gasteiger partial charge >= 0.3 is 5.97 Å². The molecule has 3 nitrogen and oxygen atoms in total. The highest BCUT2D eigenvalue weighted by Crippen LogP contribution is 2.13. The van der Waals surface area contributed by atoms with Crippen LogP contribution in [0.3, 0.4) is 0 Å². The molecule has 1 rings (SSSR count). The molecule has 1 N–H and O–H groups in total. The van der Waals surface area contributed by atoms with E-state index in [4.69, 9.17) is 5.41 Å². The fourth-order valence-electron chi connectivity index (χ4n) is 1.04. The molecular formula is C9H11NO2. The maximum absolute atomic E-state index is 10.8. The van der Waals surface area contributed by atoms with Gasteiger partial charge in [0, 0.05) is 0 Å². The molecule has 0 unspecified atom stereocenters. The van der Waals surface area contributed by atoms with Crippen LogP contribution >= 0.6 is 0 Å². The summed E-state index contributed by atoms with van der Waals surface area (Å²) < 4.78 is 4.51. The van der Waals surface area contributed by atoms with Crippen molar-refractivity contribution in [3.8, 4) is 0 Å². The Kier molecular flexibility index (Phi) is 2.80. The zero-order chi connectivity index (χ0) is 8.97. The summed E-state index contributed by atoms with van der Waals surface area (Å²) in [6.07, 6.45) is 6.35. The molecule has 0 radical (unpaired) electrons. The van der Waals surface area contributed by atoms with E-state index in [0.29, 0.717) is 12.1 Å². The summed E-state index contributed by atoms with van der Waals surface area (Å²) in [5, 5.41) is 7.31. The van der Waals surface area contributed by atoms with Gasteiger partial charge in [0.05, 0.1) is 19.2 Å². The van der Waals surface area contributed by atoms with Gasteiger partial charge in [0.2, 0.25) is 0 Å². The number of esters is 1. The van der Waals surface area contributed by atoms with Gasteiger partial charge in [-0.1, -0.05) is 11.6 Å². The van der Waals surface area contributed by atoms with Crippen LogP contribution in [0.1, 0.15) is 12.8 Å². The Balaban J connectivity index is 2.53. The fraction of sp³-hybridized carbons (Fsp3) is 0.333. The number of carbonyl (C=O) groups is 1. The number of allylic oxidation sites excluding steroid dienone is 3. The lowest BCUT2D eigenvalue weighted by Gasteiger charge is -2.06. The summed E-state index contributed by atoms with van der Waals surface area (Å²) in [7, 11) is 1.37. The van der Waals surface area contributed by atoms with Crippen LogP contribution < -0.4 is 0 Å². The van der Waals surface area contributed by atoms with E-state index < -0.39 is 0 Å². The van der Waals surface area contributed by atoms with Crippen molar-refractivity contribution >= 4 is 11.7 Å². The molecule has 0 bridgehead atoms.